The minimum atomic E-state index is 0.263. The van der Waals surface area contributed by atoms with Gasteiger partial charge in [0, 0.05) is 5.56 Å². The van der Waals surface area contributed by atoms with Crippen LogP contribution >= 0.6 is 0 Å². The second-order valence-electron chi connectivity index (χ2n) is 2.83. The van der Waals surface area contributed by atoms with Crippen LogP contribution in [0, 0.1) is 11.3 Å². The number of ether oxygens (including phenoxy) is 1. The second-order valence-corrected chi connectivity index (χ2v) is 2.83. The van der Waals surface area contributed by atoms with Crippen LogP contribution in [-0.2, 0) is 0 Å². The van der Waals surface area contributed by atoms with E-state index in [0.29, 0.717) is 11.4 Å². The molecule has 0 aliphatic rings. The maximum absolute atomic E-state index is 8.82. The fourth-order valence-corrected chi connectivity index (χ4v) is 1.34. The predicted octanol–water partition coefficient (Wildman–Crippen LogP) is 1.35. The molecule has 0 bridgehead atoms. The third-order valence-electron chi connectivity index (χ3n) is 2.02. The summed E-state index contributed by atoms with van der Waals surface area (Å²) in [6, 6.07) is 9.32. The van der Waals surface area contributed by atoms with Crippen LogP contribution in [0.25, 0.3) is 11.3 Å². The molecule has 1 heterocycles. The number of para-hydroxylation sites is 1. The standard InChI is InChI=1S/C10H8N4O/c1-15-9-5-3-2-4-7(9)10-8(6-11)12-14-13-10/h2-5H,1H3,(H,12,13,14). The van der Waals surface area contributed by atoms with Crippen LogP contribution < -0.4 is 4.74 Å². The molecule has 0 radical (unpaired) electrons. The highest BCUT2D eigenvalue weighted by molar-refractivity contribution is 5.70. The maximum Gasteiger partial charge on any atom is 0.190 e. The fourth-order valence-electron chi connectivity index (χ4n) is 1.34. The van der Waals surface area contributed by atoms with E-state index in [1.54, 1.807) is 7.11 Å². The molecule has 1 N–H and O–H groups in total. The molecule has 15 heavy (non-hydrogen) atoms. The van der Waals surface area contributed by atoms with Gasteiger partial charge in [-0.1, -0.05) is 12.1 Å². The number of rotatable bonds is 2. The van der Waals surface area contributed by atoms with Gasteiger partial charge in [-0.25, -0.2) is 0 Å². The third kappa shape index (κ3) is 1.53. The molecule has 2 aromatic rings. The van der Waals surface area contributed by atoms with E-state index in [0.717, 1.165) is 5.56 Å². The number of H-pyrrole nitrogens is 1. The Balaban J connectivity index is 2.59. The van der Waals surface area contributed by atoms with E-state index in [4.69, 9.17) is 10.00 Å². The lowest BCUT2D eigenvalue weighted by Gasteiger charge is -2.04. The van der Waals surface area contributed by atoms with Gasteiger partial charge in [0.05, 0.1) is 7.11 Å². The van der Waals surface area contributed by atoms with Gasteiger partial charge in [0.2, 0.25) is 0 Å². The van der Waals surface area contributed by atoms with E-state index < -0.39 is 0 Å². The number of methoxy groups -OCH3 is 1. The summed E-state index contributed by atoms with van der Waals surface area (Å²) in [7, 11) is 1.57. The smallest absolute Gasteiger partial charge is 0.190 e. The number of nitrogens with one attached hydrogen (secondary N) is 1. The Labute approximate surface area is 86.3 Å². The van der Waals surface area contributed by atoms with Crippen molar-refractivity contribution in [1.29, 1.82) is 5.26 Å². The van der Waals surface area contributed by atoms with Crippen molar-refractivity contribution >= 4 is 0 Å². The zero-order chi connectivity index (χ0) is 10.7. The first kappa shape index (κ1) is 9.21. The van der Waals surface area contributed by atoms with Crippen LogP contribution in [0.1, 0.15) is 5.69 Å². The van der Waals surface area contributed by atoms with Gasteiger partial charge in [0.1, 0.15) is 17.5 Å². The predicted molar refractivity (Wildman–Crippen MR) is 53.1 cm³/mol. The molecule has 1 aromatic heterocycles. The van der Waals surface area contributed by atoms with Crippen LogP contribution in [0.3, 0.4) is 0 Å². The van der Waals surface area contributed by atoms with E-state index in [2.05, 4.69) is 15.4 Å². The van der Waals surface area contributed by atoms with E-state index >= 15 is 0 Å². The quantitative estimate of drug-likeness (QED) is 0.794. The molecule has 0 spiro atoms. The van der Waals surface area contributed by atoms with Crippen molar-refractivity contribution in [3.63, 3.8) is 0 Å². The molecule has 5 nitrogen and oxygen atoms in total. The molecule has 0 aliphatic heterocycles. The Morgan fingerprint density at radius 1 is 1.33 bits per heavy atom. The van der Waals surface area contributed by atoms with E-state index in [1.807, 2.05) is 30.3 Å². The van der Waals surface area contributed by atoms with E-state index in [9.17, 15) is 0 Å². The molecule has 74 valence electrons. The summed E-state index contributed by atoms with van der Waals surface area (Å²) >= 11 is 0. The Hall–Kier alpha value is -2.35. The van der Waals surface area contributed by atoms with Crippen molar-refractivity contribution in [1.82, 2.24) is 15.4 Å². The second kappa shape index (κ2) is 3.80. The van der Waals surface area contributed by atoms with Gasteiger partial charge in [0.25, 0.3) is 0 Å². The molecule has 0 fully saturated rings. The lowest BCUT2D eigenvalue weighted by atomic mass is 10.1. The van der Waals surface area contributed by atoms with Crippen molar-refractivity contribution < 1.29 is 4.74 Å². The number of benzene rings is 1. The molecule has 0 atom stereocenters. The fraction of sp³-hybridized carbons (Fsp3) is 0.100. The normalized spacial score (nSPS) is 9.60. The van der Waals surface area contributed by atoms with Crippen LogP contribution in [0.2, 0.25) is 0 Å². The summed E-state index contributed by atoms with van der Waals surface area (Å²) in [5.41, 5.74) is 1.53. The molecule has 5 heteroatoms. The zero-order valence-corrected chi connectivity index (χ0v) is 8.06. The van der Waals surface area contributed by atoms with Crippen molar-refractivity contribution in [3.8, 4) is 23.1 Å². The monoisotopic (exact) mass is 200 g/mol. The number of aromatic amines is 1. The number of nitrogens with zero attached hydrogens (tertiary/aromatic N) is 3. The summed E-state index contributed by atoms with van der Waals surface area (Å²) in [6.07, 6.45) is 0. The summed E-state index contributed by atoms with van der Waals surface area (Å²) in [4.78, 5) is 0. The molecule has 0 saturated carbocycles. The lowest BCUT2D eigenvalue weighted by Crippen LogP contribution is -1.89. The van der Waals surface area contributed by atoms with Gasteiger partial charge in [0.15, 0.2) is 5.69 Å². The van der Waals surface area contributed by atoms with E-state index in [-0.39, 0.29) is 5.69 Å². The SMILES string of the molecule is COc1ccccc1-c1n[nH]nc1C#N. The van der Waals surface area contributed by atoms with Crippen molar-refractivity contribution in [2.24, 2.45) is 0 Å². The third-order valence-corrected chi connectivity index (χ3v) is 2.02. The molecule has 0 aliphatic carbocycles. The summed E-state index contributed by atoms with van der Waals surface area (Å²) in [6.45, 7) is 0. The largest absolute Gasteiger partial charge is 0.496 e. The summed E-state index contributed by atoms with van der Waals surface area (Å²) in [5, 5.41) is 18.9. The van der Waals surface area contributed by atoms with Gasteiger partial charge < -0.3 is 4.74 Å². The lowest BCUT2D eigenvalue weighted by molar-refractivity contribution is 0.416. The molecular formula is C10H8N4O. The molecule has 2 rings (SSSR count). The van der Waals surface area contributed by atoms with Crippen LogP contribution in [-0.4, -0.2) is 22.5 Å². The Bertz CT molecular complexity index is 512. The summed E-state index contributed by atoms with van der Waals surface area (Å²) in [5.74, 6) is 0.669. The first-order chi connectivity index (χ1) is 7.36. The Kier molecular flexibility index (Phi) is 2.33. The Morgan fingerprint density at radius 3 is 2.87 bits per heavy atom. The highest BCUT2D eigenvalue weighted by Crippen LogP contribution is 2.28. The number of hydrogen-bond donors (Lipinski definition) is 1. The van der Waals surface area contributed by atoms with Crippen molar-refractivity contribution in [2.45, 2.75) is 0 Å². The summed E-state index contributed by atoms with van der Waals surface area (Å²) < 4.78 is 5.18. The van der Waals surface area contributed by atoms with Gasteiger partial charge in [-0.3, -0.25) is 0 Å². The Morgan fingerprint density at radius 2 is 2.13 bits per heavy atom. The molecule has 0 saturated heterocycles. The van der Waals surface area contributed by atoms with Crippen LogP contribution in [0.5, 0.6) is 5.75 Å². The average Bonchev–Trinajstić information content (AvgIpc) is 2.76. The number of hydrogen-bond acceptors (Lipinski definition) is 4. The van der Waals surface area contributed by atoms with Crippen molar-refractivity contribution in [3.05, 3.63) is 30.0 Å². The number of nitriles is 1. The molecule has 0 amide bonds. The average molecular weight is 200 g/mol. The van der Waals surface area contributed by atoms with Crippen LogP contribution in [0.4, 0.5) is 0 Å². The molecule has 1 aromatic carbocycles. The first-order valence-electron chi connectivity index (χ1n) is 4.31. The zero-order valence-electron chi connectivity index (χ0n) is 8.06. The molecular weight excluding hydrogens is 192 g/mol. The van der Waals surface area contributed by atoms with Gasteiger partial charge >= 0.3 is 0 Å². The molecule has 0 unspecified atom stereocenters. The topological polar surface area (TPSA) is 74.6 Å². The maximum atomic E-state index is 8.82. The van der Waals surface area contributed by atoms with Gasteiger partial charge in [-0.15, -0.1) is 5.10 Å². The highest BCUT2D eigenvalue weighted by atomic mass is 16.5. The number of aromatic nitrogens is 3. The highest BCUT2D eigenvalue weighted by Gasteiger charge is 2.13. The first-order valence-corrected chi connectivity index (χ1v) is 4.31. The minimum absolute atomic E-state index is 0.263. The minimum Gasteiger partial charge on any atom is -0.496 e. The van der Waals surface area contributed by atoms with Gasteiger partial charge in [-0.2, -0.15) is 15.6 Å². The van der Waals surface area contributed by atoms with Crippen LogP contribution in [0.15, 0.2) is 24.3 Å². The van der Waals surface area contributed by atoms with Gasteiger partial charge in [-0.05, 0) is 12.1 Å². The van der Waals surface area contributed by atoms with E-state index in [1.165, 1.54) is 0 Å². The van der Waals surface area contributed by atoms with Crippen molar-refractivity contribution in [2.75, 3.05) is 7.11 Å².